The van der Waals surface area contributed by atoms with Gasteiger partial charge in [0, 0.05) is 6.42 Å². The van der Waals surface area contributed by atoms with Crippen LogP contribution in [0.25, 0.3) is 0 Å². The highest BCUT2D eigenvalue weighted by Crippen LogP contribution is 2.20. The molecule has 0 fully saturated rings. The van der Waals surface area contributed by atoms with Gasteiger partial charge in [-0.1, -0.05) is 123 Å². The van der Waals surface area contributed by atoms with Crippen molar-refractivity contribution in [2.24, 2.45) is 5.92 Å². The topological polar surface area (TPSA) is 63.6 Å². The van der Waals surface area contributed by atoms with Gasteiger partial charge < -0.3 is 9.84 Å². The minimum Gasteiger partial charge on any atom is -0.481 e. The highest BCUT2D eigenvalue weighted by molar-refractivity contribution is 5.72. The van der Waals surface area contributed by atoms with Gasteiger partial charge in [0.15, 0.2) is 0 Å². The maximum absolute atomic E-state index is 12.4. The van der Waals surface area contributed by atoms with Crippen molar-refractivity contribution in [1.29, 1.82) is 0 Å². The van der Waals surface area contributed by atoms with Gasteiger partial charge in [0.1, 0.15) is 0 Å². The molecule has 0 saturated heterocycles. The molecule has 0 radical (unpaired) electrons. The zero-order chi connectivity index (χ0) is 23.7. The first-order valence-corrected chi connectivity index (χ1v) is 14.0. The Morgan fingerprint density at radius 3 is 1.47 bits per heavy atom. The molecule has 190 valence electrons. The molecule has 4 heteroatoms. The molecular formula is C28H54O4. The number of hydrogen-bond donors (Lipinski definition) is 1. The zero-order valence-corrected chi connectivity index (χ0v) is 21.5. The minimum absolute atomic E-state index is 0.0547. The van der Waals surface area contributed by atoms with Crippen LogP contribution in [0.4, 0.5) is 0 Å². The van der Waals surface area contributed by atoms with Gasteiger partial charge in [0.2, 0.25) is 0 Å². The SMILES string of the molecule is CCCCCOC(=O)C(CCCCC)CCCCCCCCCCCCCCCC(=O)O. The molecule has 0 saturated carbocycles. The maximum Gasteiger partial charge on any atom is 0.308 e. The van der Waals surface area contributed by atoms with Crippen LogP contribution in [0.5, 0.6) is 0 Å². The fraction of sp³-hybridized carbons (Fsp3) is 0.929. The number of esters is 1. The number of hydrogen-bond acceptors (Lipinski definition) is 3. The molecule has 0 heterocycles. The van der Waals surface area contributed by atoms with Gasteiger partial charge >= 0.3 is 11.9 Å². The van der Waals surface area contributed by atoms with Gasteiger partial charge in [0.25, 0.3) is 0 Å². The monoisotopic (exact) mass is 454 g/mol. The number of rotatable bonds is 25. The lowest BCUT2D eigenvalue weighted by molar-refractivity contribution is -0.149. The Balaban J connectivity index is 3.62. The van der Waals surface area contributed by atoms with Crippen molar-refractivity contribution in [2.45, 2.75) is 155 Å². The first-order chi connectivity index (χ1) is 15.6. The van der Waals surface area contributed by atoms with Gasteiger partial charge in [-0.2, -0.15) is 0 Å². The maximum atomic E-state index is 12.4. The number of carboxylic acid groups (broad SMARTS) is 1. The van der Waals surface area contributed by atoms with Crippen LogP contribution in [-0.2, 0) is 14.3 Å². The Labute approximate surface area is 199 Å². The second kappa shape index (κ2) is 24.6. The normalized spacial score (nSPS) is 12.1. The summed E-state index contributed by atoms with van der Waals surface area (Å²) in [5.41, 5.74) is 0. The molecule has 0 rings (SSSR count). The lowest BCUT2D eigenvalue weighted by Gasteiger charge is -2.16. The summed E-state index contributed by atoms with van der Waals surface area (Å²) in [5, 5.41) is 8.62. The summed E-state index contributed by atoms with van der Waals surface area (Å²) in [6.07, 6.45) is 25.1. The Morgan fingerprint density at radius 1 is 0.594 bits per heavy atom. The molecule has 0 amide bonds. The lowest BCUT2D eigenvalue weighted by Crippen LogP contribution is -2.18. The average Bonchev–Trinajstić information content (AvgIpc) is 2.77. The van der Waals surface area contributed by atoms with Crippen LogP contribution in [0.3, 0.4) is 0 Å². The van der Waals surface area contributed by atoms with Crippen molar-refractivity contribution in [1.82, 2.24) is 0 Å². The van der Waals surface area contributed by atoms with Crippen LogP contribution >= 0.6 is 0 Å². The Morgan fingerprint density at radius 2 is 1.00 bits per heavy atom. The number of ether oxygens (including phenoxy) is 1. The molecule has 0 aromatic carbocycles. The predicted octanol–water partition coefficient (Wildman–Crippen LogP) is 8.85. The summed E-state index contributed by atoms with van der Waals surface area (Å²) in [4.78, 5) is 22.9. The van der Waals surface area contributed by atoms with E-state index in [4.69, 9.17) is 9.84 Å². The van der Waals surface area contributed by atoms with E-state index in [1.165, 1.54) is 77.0 Å². The molecule has 0 aliphatic rings. The standard InChI is InChI=1S/C28H54O4/c1-3-5-18-22-26(28(31)32-25-21-6-4-2)23-19-16-14-12-10-8-7-9-11-13-15-17-20-24-27(29)30/h26H,3-25H2,1-2H3,(H,29,30). The van der Waals surface area contributed by atoms with Crippen molar-refractivity contribution in [3.63, 3.8) is 0 Å². The summed E-state index contributed by atoms with van der Waals surface area (Å²) >= 11 is 0. The second-order valence-electron chi connectivity index (χ2n) is 9.60. The Bertz CT molecular complexity index is 422. The predicted molar refractivity (Wildman–Crippen MR) is 135 cm³/mol. The third-order valence-corrected chi connectivity index (χ3v) is 6.42. The van der Waals surface area contributed by atoms with E-state index in [-0.39, 0.29) is 11.9 Å². The van der Waals surface area contributed by atoms with E-state index in [1.807, 2.05) is 0 Å². The number of carbonyl (C=O) groups excluding carboxylic acids is 1. The van der Waals surface area contributed by atoms with Crippen molar-refractivity contribution in [3.8, 4) is 0 Å². The molecule has 0 aromatic rings. The van der Waals surface area contributed by atoms with Crippen LogP contribution in [0.2, 0.25) is 0 Å². The van der Waals surface area contributed by atoms with E-state index in [2.05, 4.69) is 13.8 Å². The minimum atomic E-state index is -0.669. The summed E-state index contributed by atoms with van der Waals surface area (Å²) in [6, 6.07) is 0. The van der Waals surface area contributed by atoms with Gasteiger partial charge in [0.05, 0.1) is 12.5 Å². The molecule has 32 heavy (non-hydrogen) atoms. The second-order valence-corrected chi connectivity index (χ2v) is 9.60. The molecule has 1 atom stereocenters. The third kappa shape index (κ3) is 22.1. The first kappa shape index (κ1) is 30.9. The van der Waals surface area contributed by atoms with Crippen molar-refractivity contribution < 1.29 is 19.4 Å². The molecule has 0 aromatic heterocycles. The van der Waals surface area contributed by atoms with Crippen LogP contribution in [0.15, 0.2) is 0 Å². The summed E-state index contributed by atoms with van der Waals surface area (Å²) in [6.45, 7) is 4.98. The van der Waals surface area contributed by atoms with Gasteiger partial charge in [-0.25, -0.2) is 0 Å². The molecule has 0 aliphatic carbocycles. The van der Waals surface area contributed by atoms with Crippen molar-refractivity contribution in [2.75, 3.05) is 6.61 Å². The fourth-order valence-corrected chi connectivity index (χ4v) is 4.27. The van der Waals surface area contributed by atoms with E-state index in [0.717, 1.165) is 57.8 Å². The Hall–Kier alpha value is -1.06. The summed E-state index contributed by atoms with van der Waals surface area (Å²) in [5.74, 6) is -0.497. The number of carboxylic acids is 1. The van der Waals surface area contributed by atoms with E-state index in [9.17, 15) is 9.59 Å². The van der Waals surface area contributed by atoms with Crippen LogP contribution in [-0.4, -0.2) is 23.7 Å². The lowest BCUT2D eigenvalue weighted by atomic mass is 9.94. The van der Waals surface area contributed by atoms with Crippen LogP contribution < -0.4 is 0 Å². The fourth-order valence-electron chi connectivity index (χ4n) is 4.27. The highest BCUT2D eigenvalue weighted by atomic mass is 16.5. The first-order valence-electron chi connectivity index (χ1n) is 14.0. The highest BCUT2D eigenvalue weighted by Gasteiger charge is 2.19. The summed E-state index contributed by atoms with van der Waals surface area (Å²) < 4.78 is 5.55. The van der Waals surface area contributed by atoms with E-state index < -0.39 is 5.97 Å². The largest absolute Gasteiger partial charge is 0.481 e. The van der Waals surface area contributed by atoms with Gasteiger partial charge in [-0.3, -0.25) is 9.59 Å². The van der Waals surface area contributed by atoms with Crippen LogP contribution in [0.1, 0.15) is 155 Å². The average molecular weight is 455 g/mol. The van der Waals surface area contributed by atoms with Crippen molar-refractivity contribution in [3.05, 3.63) is 0 Å². The molecule has 0 bridgehead atoms. The number of aliphatic carboxylic acids is 1. The van der Waals surface area contributed by atoms with Crippen LogP contribution in [0, 0.1) is 5.92 Å². The molecular weight excluding hydrogens is 400 g/mol. The van der Waals surface area contributed by atoms with Crippen molar-refractivity contribution >= 4 is 11.9 Å². The summed E-state index contributed by atoms with van der Waals surface area (Å²) in [7, 11) is 0. The van der Waals surface area contributed by atoms with Gasteiger partial charge in [-0.15, -0.1) is 0 Å². The zero-order valence-electron chi connectivity index (χ0n) is 21.5. The molecule has 1 N–H and O–H groups in total. The van der Waals surface area contributed by atoms with Gasteiger partial charge in [-0.05, 0) is 25.7 Å². The number of unbranched alkanes of at least 4 members (excludes halogenated alkanes) is 16. The molecule has 0 spiro atoms. The molecule has 1 unspecified atom stereocenters. The van der Waals surface area contributed by atoms with E-state index >= 15 is 0 Å². The third-order valence-electron chi connectivity index (χ3n) is 6.42. The van der Waals surface area contributed by atoms with E-state index in [1.54, 1.807) is 0 Å². The number of carbonyl (C=O) groups is 2. The smallest absolute Gasteiger partial charge is 0.308 e. The molecule has 0 aliphatic heterocycles. The molecule has 4 nitrogen and oxygen atoms in total. The Kier molecular flexibility index (Phi) is 23.8. The van der Waals surface area contributed by atoms with E-state index in [0.29, 0.717) is 13.0 Å². The quantitative estimate of drug-likeness (QED) is 0.110.